The second kappa shape index (κ2) is 7.79. The molecular formula is C19H22N2O4. The van der Waals surface area contributed by atoms with Crippen molar-refractivity contribution >= 4 is 11.9 Å². The molecule has 1 unspecified atom stereocenters. The number of rotatable bonds is 6. The molecule has 0 bridgehead atoms. The molecule has 25 heavy (non-hydrogen) atoms. The lowest BCUT2D eigenvalue weighted by atomic mass is 10.0. The molecular weight excluding hydrogens is 320 g/mol. The normalized spacial score (nSPS) is 12.0. The van der Waals surface area contributed by atoms with Gasteiger partial charge in [-0.05, 0) is 36.6 Å². The van der Waals surface area contributed by atoms with Gasteiger partial charge in [0.15, 0.2) is 0 Å². The van der Waals surface area contributed by atoms with Gasteiger partial charge in [-0.15, -0.1) is 0 Å². The van der Waals surface area contributed by atoms with Crippen LogP contribution in [0.5, 0.6) is 0 Å². The van der Waals surface area contributed by atoms with E-state index in [-0.39, 0.29) is 29.5 Å². The highest BCUT2D eigenvalue weighted by atomic mass is 16.4. The van der Waals surface area contributed by atoms with Crippen molar-refractivity contribution in [2.45, 2.75) is 33.4 Å². The van der Waals surface area contributed by atoms with Crippen LogP contribution in [0.2, 0.25) is 0 Å². The third-order valence-corrected chi connectivity index (χ3v) is 4.03. The summed E-state index contributed by atoms with van der Waals surface area (Å²) in [7, 11) is 0. The Morgan fingerprint density at radius 3 is 2.36 bits per heavy atom. The number of nitrogens with one attached hydrogen (secondary N) is 1. The predicted molar refractivity (Wildman–Crippen MR) is 94.6 cm³/mol. The van der Waals surface area contributed by atoms with E-state index >= 15 is 0 Å². The van der Waals surface area contributed by atoms with Gasteiger partial charge in [-0.3, -0.25) is 9.59 Å². The molecule has 2 N–H and O–H groups in total. The fourth-order valence-corrected chi connectivity index (χ4v) is 2.65. The highest BCUT2D eigenvalue weighted by Crippen LogP contribution is 2.16. The van der Waals surface area contributed by atoms with Gasteiger partial charge in [0.1, 0.15) is 6.04 Å². The van der Waals surface area contributed by atoms with Crippen molar-refractivity contribution in [3.8, 4) is 0 Å². The van der Waals surface area contributed by atoms with Gasteiger partial charge in [0.25, 0.3) is 5.56 Å². The van der Waals surface area contributed by atoms with Crippen molar-refractivity contribution in [1.82, 2.24) is 9.88 Å². The Labute approximate surface area is 146 Å². The minimum absolute atomic E-state index is 0.0612. The fraction of sp³-hybridized carbons (Fsp3) is 0.316. The number of aromatic nitrogens is 1. The first kappa shape index (κ1) is 18.4. The Balaban J connectivity index is 2.14. The summed E-state index contributed by atoms with van der Waals surface area (Å²) in [4.78, 5) is 35.8. The number of pyridine rings is 1. The topological polar surface area (TPSA) is 88.4 Å². The van der Waals surface area contributed by atoms with E-state index in [0.29, 0.717) is 5.56 Å². The monoisotopic (exact) mass is 342 g/mol. The van der Waals surface area contributed by atoms with Gasteiger partial charge in [0.05, 0.1) is 5.56 Å². The van der Waals surface area contributed by atoms with Crippen LogP contribution in [0.4, 0.5) is 0 Å². The van der Waals surface area contributed by atoms with Crippen molar-refractivity contribution < 1.29 is 14.7 Å². The van der Waals surface area contributed by atoms with Crippen molar-refractivity contribution in [3.63, 3.8) is 0 Å². The lowest BCUT2D eigenvalue weighted by Crippen LogP contribution is -2.39. The van der Waals surface area contributed by atoms with Crippen LogP contribution in [-0.2, 0) is 11.3 Å². The average molecular weight is 342 g/mol. The van der Waals surface area contributed by atoms with Crippen LogP contribution >= 0.6 is 0 Å². The predicted octanol–water partition coefficient (Wildman–Crippen LogP) is 2.37. The molecule has 2 rings (SSSR count). The molecule has 1 amide bonds. The molecule has 0 aliphatic carbocycles. The summed E-state index contributed by atoms with van der Waals surface area (Å²) in [5, 5.41) is 11.7. The number of carbonyl (C=O) groups excluding carboxylic acids is 1. The molecule has 1 aromatic heterocycles. The number of aryl methyl sites for hydroxylation is 1. The van der Waals surface area contributed by atoms with Crippen LogP contribution in [0.1, 0.15) is 41.4 Å². The number of benzene rings is 1. The number of aromatic carboxylic acids is 1. The molecule has 1 atom stereocenters. The smallest absolute Gasteiger partial charge is 0.335 e. The van der Waals surface area contributed by atoms with E-state index in [4.69, 9.17) is 5.11 Å². The van der Waals surface area contributed by atoms with E-state index in [1.807, 2.05) is 13.8 Å². The summed E-state index contributed by atoms with van der Waals surface area (Å²) in [6.45, 7) is 5.77. The summed E-state index contributed by atoms with van der Waals surface area (Å²) in [5.41, 5.74) is 1.39. The van der Waals surface area contributed by atoms with E-state index < -0.39 is 12.0 Å². The lowest BCUT2D eigenvalue weighted by Gasteiger charge is -2.23. The Hall–Kier alpha value is -2.89. The first-order chi connectivity index (χ1) is 11.8. The highest BCUT2D eigenvalue weighted by molar-refractivity contribution is 5.87. The largest absolute Gasteiger partial charge is 0.478 e. The van der Waals surface area contributed by atoms with Crippen molar-refractivity contribution in [3.05, 3.63) is 69.6 Å². The third-order valence-electron chi connectivity index (χ3n) is 4.03. The zero-order valence-corrected chi connectivity index (χ0v) is 14.5. The molecule has 2 aromatic rings. The summed E-state index contributed by atoms with van der Waals surface area (Å²) in [5.74, 6) is -1.30. The number of carboxylic acid groups (broad SMARTS) is 1. The van der Waals surface area contributed by atoms with E-state index in [2.05, 4.69) is 5.32 Å². The van der Waals surface area contributed by atoms with Gasteiger partial charge in [0, 0.05) is 18.3 Å². The zero-order valence-electron chi connectivity index (χ0n) is 14.5. The molecule has 6 heteroatoms. The molecule has 0 spiro atoms. The maximum absolute atomic E-state index is 12.6. The number of carboxylic acids is 1. The Morgan fingerprint density at radius 1 is 1.16 bits per heavy atom. The number of carbonyl (C=O) groups is 2. The van der Waals surface area contributed by atoms with Gasteiger partial charge in [-0.1, -0.05) is 32.0 Å². The van der Waals surface area contributed by atoms with E-state index in [1.54, 1.807) is 37.4 Å². The van der Waals surface area contributed by atoms with Crippen LogP contribution in [0.15, 0.2) is 47.4 Å². The summed E-state index contributed by atoms with van der Waals surface area (Å²) in [6.07, 6.45) is 1.63. The Kier molecular flexibility index (Phi) is 5.75. The molecule has 0 radical (unpaired) electrons. The lowest BCUT2D eigenvalue weighted by molar-refractivity contribution is -0.125. The molecule has 1 heterocycles. The van der Waals surface area contributed by atoms with Gasteiger partial charge in [-0.2, -0.15) is 0 Å². The van der Waals surface area contributed by atoms with Crippen LogP contribution in [0.25, 0.3) is 0 Å². The second-order valence-corrected chi connectivity index (χ2v) is 6.31. The molecule has 0 aliphatic heterocycles. The summed E-state index contributed by atoms with van der Waals surface area (Å²) < 4.78 is 1.46. The minimum atomic E-state index is -0.991. The van der Waals surface area contributed by atoms with Gasteiger partial charge >= 0.3 is 5.97 Å². The molecule has 0 aliphatic rings. The zero-order chi connectivity index (χ0) is 18.6. The number of hydrogen-bond acceptors (Lipinski definition) is 3. The maximum atomic E-state index is 12.6. The van der Waals surface area contributed by atoms with E-state index in [0.717, 1.165) is 5.56 Å². The van der Waals surface area contributed by atoms with Crippen LogP contribution in [0.3, 0.4) is 0 Å². The number of nitrogens with zero attached hydrogens (tertiary/aromatic N) is 1. The Morgan fingerprint density at radius 2 is 1.80 bits per heavy atom. The maximum Gasteiger partial charge on any atom is 0.335 e. The highest BCUT2D eigenvalue weighted by Gasteiger charge is 2.25. The average Bonchev–Trinajstić information content (AvgIpc) is 2.57. The third kappa shape index (κ3) is 4.35. The molecule has 132 valence electrons. The second-order valence-electron chi connectivity index (χ2n) is 6.31. The van der Waals surface area contributed by atoms with Crippen molar-refractivity contribution in [2.24, 2.45) is 5.92 Å². The van der Waals surface area contributed by atoms with Crippen LogP contribution in [-0.4, -0.2) is 21.6 Å². The first-order valence-corrected chi connectivity index (χ1v) is 8.09. The van der Waals surface area contributed by atoms with Crippen molar-refractivity contribution in [2.75, 3.05) is 0 Å². The van der Waals surface area contributed by atoms with Crippen LogP contribution in [0, 0.1) is 12.8 Å². The van der Waals surface area contributed by atoms with Gasteiger partial charge in [0.2, 0.25) is 5.91 Å². The van der Waals surface area contributed by atoms with Gasteiger partial charge in [-0.25, -0.2) is 4.79 Å². The Bertz CT molecular complexity index is 822. The molecule has 0 saturated carbocycles. The molecule has 1 aromatic carbocycles. The fourth-order valence-electron chi connectivity index (χ4n) is 2.65. The van der Waals surface area contributed by atoms with E-state index in [1.165, 1.54) is 16.7 Å². The summed E-state index contributed by atoms with van der Waals surface area (Å²) >= 11 is 0. The molecule has 0 saturated heterocycles. The van der Waals surface area contributed by atoms with E-state index in [9.17, 15) is 14.4 Å². The number of hydrogen-bond donors (Lipinski definition) is 2. The van der Waals surface area contributed by atoms with Crippen molar-refractivity contribution in [1.29, 1.82) is 0 Å². The van der Waals surface area contributed by atoms with Crippen LogP contribution < -0.4 is 10.9 Å². The minimum Gasteiger partial charge on any atom is -0.478 e. The van der Waals surface area contributed by atoms with Gasteiger partial charge < -0.3 is 15.0 Å². The SMILES string of the molecule is Cc1cccn(C(C(=O)NCc2ccc(C(=O)O)cc2)C(C)C)c1=O. The quantitative estimate of drug-likeness (QED) is 0.843. The molecule has 6 nitrogen and oxygen atoms in total. The number of amides is 1. The first-order valence-electron chi connectivity index (χ1n) is 8.09. The molecule has 0 fully saturated rings. The summed E-state index contributed by atoms with van der Waals surface area (Å²) in [6, 6.07) is 9.18. The standard InChI is InChI=1S/C19H22N2O4/c1-12(2)16(21-10-4-5-13(3)18(21)23)17(22)20-11-14-6-8-15(9-7-14)19(24)25/h4-10,12,16H,11H2,1-3H3,(H,20,22)(H,24,25).